The quantitative estimate of drug-likeness (QED) is 0.812. The molecule has 0 heterocycles. The lowest BCUT2D eigenvalue weighted by molar-refractivity contribution is -0.124. The molecule has 0 bridgehead atoms. The van der Waals surface area contributed by atoms with Crippen LogP contribution in [0.3, 0.4) is 0 Å². The molecule has 4 nitrogen and oxygen atoms in total. The van der Waals surface area contributed by atoms with Crippen molar-refractivity contribution in [1.82, 2.24) is 5.32 Å². The predicted molar refractivity (Wildman–Crippen MR) is 87.0 cm³/mol. The molecular formula is C15H16Br2N2O2. The van der Waals surface area contributed by atoms with Crippen molar-refractivity contribution in [2.24, 2.45) is 0 Å². The molecule has 1 fully saturated rings. The maximum absolute atomic E-state index is 12.0. The zero-order valence-corrected chi connectivity index (χ0v) is 14.9. The Morgan fingerprint density at radius 3 is 2.48 bits per heavy atom. The topological polar surface area (TPSA) is 62.1 Å². The van der Waals surface area contributed by atoms with Gasteiger partial charge in [0.15, 0.2) is 6.61 Å². The molecule has 112 valence electrons. The highest BCUT2D eigenvalue weighted by molar-refractivity contribution is 9.11. The predicted octanol–water partition coefficient (Wildman–Crippen LogP) is 3.85. The van der Waals surface area contributed by atoms with E-state index >= 15 is 0 Å². The van der Waals surface area contributed by atoms with Crippen molar-refractivity contribution in [3.63, 3.8) is 0 Å². The number of nitriles is 1. The molecule has 6 heteroatoms. The summed E-state index contributed by atoms with van der Waals surface area (Å²) in [6.07, 6.45) is 3.38. The van der Waals surface area contributed by atoms with Crippen molar-refractivity contribution in [1.29, 1.82) is 5.26 Å². The number of hydrogen-bond donors (Lipinski definition) is 1. The van der Waals surface area contributed by atoms with Crippen LogP contribution in [0.4, 0.5) is 0 Å². The number of carbonyl (C=O) groups is 1. The number of amides is 1. The number of rotatable bonds is 4. The molecule has 0 saturated heterocycles. The van der Waals surface area contributed by atoms with E-state index in [0.29, 0.717) is 18.6 Å². The Morgan fingerprint density at radius 1 is 1.38 bits per heavy atom. The molecule has 0 aromatic heterocycles. The van der Waals surface area contributed by atoms with Gasteiger partial charge in [-0.1, -0.05) is 0 Å². The Labute approximate surface area is 141 Å². The largest absolute Gasteiger partial charge is 0.481 e. The summed E-state index contributed by atoms with van der Waals surface area (Å²) in [6.45, 7) is 1.87. The second-order valence-corrected chi connectivity index (χ2v) is 7.00. The van der Waals surface area contributed by atoms with Gasteiger partial charge in [-0.15, -0.1) is 0 Å². The van der Waals surface area contributed by atoms with E-state index in [1.54, 1.807) is 0 Å². The van der Waals surface area contributed by atoms with Crippen molar-refractivity contribution >= 4 is 37.8 Å². The number of ether oxygens (including phenoxy) is 1. The third-order valence-corrected chi connectivity index (χ3v) is 4.72. The second-order valence-electron chi connectivity index (χ2n) is 5.30. The first-order valence-corrected chi connectivity index (χ1v) is 8.35. The maximum atomic E-state index is 12.0. The number of nitrogens with zero attached hydrogens (tertiary/aromatic N) is 1. The smallest absolute Gasteiger partial charge is 0.259 e. The number of nitrogens with one attached hydrogen (secondary N) is 1. The fourth-order valence-electron chi connectivity index (χ4n) is 2.51. The van der Waals surface area contributed by atoms with E-state index < -0.39 is 5.54 Å². The summed E-state index contributed by atoms with van der Waals surface area (Å²) in [7, 11) is 0. The first kappa shape index (κ1) is 16.3. The molecule has 0 radical (unpaired) electrons. The lowest BCUT2D eigenvalue weighted by Crippen LogP contribution is -2.47. The summed E-state index contributed by atoms with van der Waals surface area (Å²) in [5, 5.41) is 12.1. The molecule has 21 heavy (non-hydrogen) atoms. The highest BCUT2D eigenvalue weighted by Gasteiger charge is 2.35. The third kappa shape index (κ3) is 3.98. The van der Waals surface area contributed by atoms with E-state index in [1.165, 1.54) is 0 Å². The molecule has 0 aliphatic heterocycles. The molecule has 1 amide bonds. The minimum atomic E-state index is -0.706. The first-order chi connectivity index (χ1) is 9.96. The average Bonchev–Trinajstić information content (AvgIpc) is 2.86. The number of carbonyl (C=O) groups excluding carboxylic acids is 1. The molecule has 2 rings (SSSR count). The molecule has 0 spiro atoms. The summed E-state index contributed by atoms with van der Waals surface area (Å²) >= 11 is 6.84. The van der Waals surface area contributed by atoms with Gasteiger partial charge in [0.05, 0.1) is 15.0 Å². The standard InChI is InChI=1S/C15H16Br2N2O2/c1-10-6-11(16)14(12(17)7-10)21-8-13(20)19-15(9-18)4-2-3-5-15/h6-7H,2-5,8H2,1H3,(H,19,20). The molecule has 0 unspecified atom stereocenters. The van der Waals surface area contributed by atoms with Gasteiger partial charge in [-0.25, -0.2) is 0 Å². The minimum Gasteiger partial charge on any atom is -0.481 e. The summed E-state index contributed by atoms with van der Waals surface area (Å²) in [5.74, 6) is 0.325. The number of benzene rings is 1. The lowest BCUT2D eigenvalue weighted by atomic mass is 10.00. The molecule has 1 aliphatic carbocycles. The monoisotopic (exact) mass is 414 g/mol. The van der Waals surface area contributed by atoms with Crippen LogP contribution >= 0.6 is 31.9 Å². The highest BCUT2D eigenvalue weighted by atomic mass is 79.9. The van der Waals surface area contributed by atoms with Crippen molar-refractivity contribution in [2.45, 2.75) is 38.1 Å². The van der Waals surface area contributed by atoms with E-state index in [-0.39, 0.29) is 12.5 Å². The summed E-state index contributed by atoms with van der Waals surface area (Å²) in [5.41, 5.74) is 0.377. The van der Waals surface area contributed by atoms with E-state index in [9.17, 15) is 10.1 Å². The SMILES string of the molecule is Cc1cc(Br)c(OCC(=O)NC2(C#N)CCCC2)c(Br)c1. The fraction of sp³-hybridized carbons (Fsp3) is 0.467. The molecule has 1 N–H and O–H groups in total. The number of hydrogen-bond acceptors (Lipinski definition) is 3. The van der Waals surface area contributed by atoms with Gasteiger partial charge in [0.1, 0.15) is 11.3 Å². The van der Waals surface area contributed by atoms with Crippen molar-refractivity contribution in [3.05, 3.63) is 26.6 Å². The average molecular weight is 416 g/mol. The van der Waals surface area contributed by atoms with E-state index in [0.717, 1.165) is 27.4 Å². The molecule has 1 saturated carbocycles. The molecule has 0 atom stereocenters. The van der Waals surface area contributed by atoms with Crippen LogP contribution in [0.15, 0.2) is 21.1 Å². The summed E-state index contributed by atoms with van der Waals surface area (Å²) in [6, 6.07) is 6.08. The van der Waals surface area contributed by atoms with Crippen molar-refractivity contribution in [3.8, 4) is 11.8 Å². The van der Waals surface area contributed by atoms with Gasteiger partial charge in [-0.3, -0.25) is 4.79 Å². The molecule has 1 aromatic carbocycles. The number of aryl methyl sites for hydroxylation is 1. The molecular weight excluding hydrogens is 400 g/mol. The highest BCUT2D eigenvalue weighted by Crippen LogP contribution is 2.34. The van der Waals surface area contributed by atoms with Crippen LogP contribution in [0, 0.1) is 18.3 Å². The van der Waals surface area contributed by atoms with Gasteiger partial charge in [0.2, 0.25) is 0 Å². The van der Waals surface area contributed by atoms with Crippen LogP contribution < -0.4 is 10.1 Å². The van der Waals surface area contributed by atoms with Gasteiger partial charge in [0, 0.05) is 0 Å². The molecule has 1 aliphatic rings. The first-order valence-electron chi connectivity index (χ1n) is 6.76. The van der Waals surface area contributed by atoms with Gasteiger partial charge in [0.25, 0.3) is 5.91 Å². The van der Waals surface area contributed by atoms with Crippen LogP contribution in [0.5, 0.6) is 5.75 Å². The Balaban J connectivity index is 1.97. The third-order valence-electron chi connectivity index (χ3n) is 3.54. The van der Waals surface area contributed by atoms with Crippen molar-refractivity contribution < 1.29 is 9.53 Å². The summed E-state index contributed by atoms with van der Waals surface area (Å²) < 4.78 is 7.15. The van der Waals surface area contributed by atoms with E-state index in [2.05, 4.69) is 43.2 Å². The normalized spacial score (nSPS) is 16.3. The zero-order valence-electron chi connectivity index (χ0n) is 11.7. The number of halogens is 2. The molecule has 1 aromatic rings. The Kier molecular flexibility index (Phi) is 5.28. The van der Waals surface area contributed by atoms with Gasteiger partial charge in [-0.2, -0.15) is 5.26 Å². The Hall–Kier alpha value is -1.06. The van der Waals surface area contributed by atoms with Crippen LogP contribution in [0.2, 0.25) is 0 Å². The van der Waals surface area contributed by atoms with E-state index in [1.807, 2.05) is 19.1 Å². The minimum absolute atomic E-state index is 0.107. The van der Waals surface area contributed by atoms with Crippen LogP contribution in [0.1, 0.15) is 31.2 Å². The Morgan fingerprint density at radius 2 is 1.95 bits per heavy atom. The van der Waals surface area contributed by atoms with Gasteiger partial charge in [-0.05, 0) is 82.2 Å². The van der Waals surface area contributed by atoms with E-state index in [4.69, 9.17) is 4.74 Å². The lowest BCUT2D eigenvalue weighted by Gasteiger charge is -2.22. The van der Waals surface area contributed by atoms with Gasteiger partial charge < -0.3 is 10.1 Å². The zero-order chi connectivity index (χ0) is 15.5. The second kappa shape index (κ2) is 6.80. The Bertz CT molecular complexity index is 567. The van der Waals surface area contributed by atoms with Crippen LogP contribution in [-0.4, -0.2) is 18.1 Å². The maximum Gasteiger partial charge on any atom is 0.259 e. The van der Waals surface area contributed by atoms with Crippen LogP contribution in [0.25, 0.3) is 0 Å². The van der Waals surface area contributed by atoms with Crippen molar-refractivity contribution in [2.75, 3.05) is 6.61 Å². The fourth-order valence-corrected chi connectivity index (χ4v) is 4.15. The summed E-state index contributed by atoms with van der Waals surface area (Å²) in [4.78, 5) is 12.0. The van der Waals surface area contributed by atoms with Gasteiger partial charge >= 0.3 is 0 Å². The van der Waals surface area contributed by atoms with Crippen LogP contribution in [-0.2, 0) is 4.79 Å².